The minimum atomic E-state index is -4.88. The van der Waals surface area contributed by atoms with Crippen LogP contribution in [0.15, 0.2) is 42.5 Å². The standard InChI is InChI=1S/C25H30F6NO.BrH/c1-23(2,3)19-8-6-17(7-9-19)14-32(10-4-5-22(32)16-33)15-18-11-20(24(26,27)28)13-21(12-18)25(29,30)31;/h6-9,11-13,22,33H,4-5,10,14-16H2,1-3H3;1H/q+1;/p-1/t22-,32?;/m0./s1. The van der Waals surface area contributed by atoms with E-state index in [9.17, 15) is 31.4 Å². The van der Waals surface area contributed by atoms with E-state index in [0.29, 0.717) is 19.5 Å². The van der Waals surface area contributed by atoms with Crippen LogP contribution in [0.2, 0.25) is 0 Å². The molecule has 190 valence electrons. The molecule has 1 heterocycles. The third kappa shape index (κ3) is 6.55. The smallest absolute Gasteiger partial charge is 0.416 e. The summed E-state index contributed by atoms with van der Waals surface area (Å²) in [4.78, 5) is 0. The molecule has 0 amide bonds. The maximum atomic E-state index is 13.4. The van der Waals surface area contributed by atoms with Crippen LogP contribution in [0.1, 0.15) is 61.4 Å². The lowest BCUT2D eigenvalue weighted by Gasteiger charge is -2.40. The first-order valence-corrected chi connectivity index (χ1v) is 11.0. The first-order chi connectivity index (χ1) is 15.1. The maximum Gasteiger partial charge on any atom is 0.416 e. The second kappa shape index (κ2) is 10.2. The molecule has 1 saturated heterocycles. The molecule has 2 aromatic carbocycles. The van der Waals surface area contributed by atoms with E-state index >= 15 is 0 Å². The number of benzene rings is 2. The SMILES string of the molecule is CC(C)(C)c1ccc(C[N+]2(Cc3cc(C(F)(F)F)cc(C(F)(F)F)c3)CCC[C@H]2CO)cc1.[Br-]. The molecule has 1 fully saturated rings. The van der Waals surface area contributed by atoms with Gasteiger partial charge in [-0.05, 0) is 29.2 Å². The van der Waals surface area contributed by atoms with E-state index in [1.165, 1.54) is 0 Å². The number of hydrogen-bond donors (Lipinski definition) is 1. The Kier molecular flexibility index (Phi) is 8.59. The lowest BCUT2D eigenvalue weighted by molar-refractivity contribution is -0.964. The van der Waals surface area contributed by atoms with Gasteiger partial charge in [-0.2, -0.15) is 26.3 Å². The molecule has 9 heteroatoms. The van der Waals surface area contributed by atoms with Crippen LogP contribution in [-0.2, 0) is 30.9 Å². The molecule has 0 aliphatic carbocycles. The molecule has 0 bridgehead atoms. The molecule has 0 spiro atoms. The Labute approximate surface area is 206 Å². The minimum absolute atomic E-state index is 0. The zero-order chi connectivity index (χ0) is 24.7. The van der Waals surface area contributed by atoms with Crippen LogP contribution in [0.25, 0.3) is 0 Å². The Morgan fingerprint density at radius 2 is 1.29 bits per heavy atom. The van der Waals surface area contributed by atoms with E-state index in [1.54, 1.807) is 0 Å². The highest BCUT2D eigenvalue weighted by Gasteiger charge is 2.43. The normalized spacial score (nSPS) is 21.4. The summed E-state index contributed by atoms with van der Waals surface area (Å²) in [6.07, 6.45) is -8.35. The van der Waals surface area contributed by atoms with Crippen molar-refractivity contribution in [3.8, 4) is 0 Å². The molecule has 34 heavy (non-hydrogen) atoms. The Morgan fingerprint density at radius 3 is 1.74 bits per heavy atom. The molecular weight excluding hydrogens is 524 g/mol. The molecule has 0 saturated carbocycles. The number of aliphatic hydroxyl groups excluding tert-OH is 1. The van der Waals surface area contributed by atoms with E-state index in [-0.39, 0.29) is 57.7 Å². The van der Waals surface area contributed by atoms with Crippen LogP contribution in [-0.4, -0.2) is 28.8 Å². The average Bonchev–Trinajstić information content (AvgIpc) is 3.08. The molecule has 2 nitrogen and oxygen atoms in total. The van der Waals surface area contributed by atoms with Gasteiger partial charge in [0.15, 0.2) is 0 Å². The Morgan fingerprint density at radius 1 is 0.794 bits per heavy atom. The summed E-state index contributed by atoms with van der Waals surface area (Å²) in [5.41, 5.74) is -0.613. The van der Waals surface area contributed by atoms with Crippen molar-refractivity contribution in [3.63, 3.8) is 0 Å². The summed E-state index contributed by atoms with van der Waals surface area (Å²) in [7, 11) is 0. The van der Waals surface area contributed by atoms with Gasteiger partial charge in [0.25, 0.3) is 0 Å². The minimum Gasteiger partial charge on any atom is -1.00 e. The molecule has 1 N–H and O–H groups in total. The largest absolute Gasteiger partial charge is 1.00 e. The van der Waals surface area contributed by atoms with Gasteiger partial charge in [0.2, 0.25) is 0 Å². The summed E-state index contributed by atoms with van der Waals surface area (Å²) >= 11 is 0. The first kappa shape index (κ1) is 28.7. The maximum absolute atomic E-state index is 13.4. The van der Waals surface area contributed by atoms with Crippen molar-refractivity contribution in [2.45, 2.75) is 70.5 Å². The monoisotopic (exact) mass is 553 g/mol. The summed E-state index contributed by atoms with van der Waals surface area (Å²) in [6.45, 7) is 7.07. The molecule has 2 aromatic rings. The number of alkyl halides is 6. The predicted molar refractivity (Wildman–Crippen MR) is 114 cm³/mol. The van der Waals surface area contributed by atoms with Crippen molar-refractivity contribution in [3.05, 3.63) is 70.3 Å². The third-order valence-electron chi connectivity index (χ3n) is 6.59. The van der Waals surface area contributed by atoms with Crippen molar-refractivity contribution >= 4 is 0 Å². The number of nitrogens with zero attached hydrogens (tertiary/aromatic N) is 1. The van der Waals surface area contributed by atoms with Gasteiger partial charge < -0.3 is 26.6 Å². The summed E-state index contributed by atoms with van der Waals surface area (Å²) in [5, 5.41) is 10.0. The summed E-state index contributed by atoms with van der Waals surface area (Å²) < 4.78 is 80.4. The van der Waals surface area contributed by atoms with Crippen LogP contribution in [0.3, 0.4) is 0 Å². The second-order valence-electron chi connectivity index (χ2n) is 10.1. The highest BCUT2D eigenvalue weighted by atomic mass is 79.9. The molecule has 2 atom stereocenters. The lowest BCUT2D eigenvalue weighted by atomic mass is 9.86. The van der Waals surface area contributed by atoms with Gasteiger partial charge in [-0.3, -0.25) is 0 Å². The van der Waals surface area contributed by atoms with Crippen molar-refractivity contribution in [1.82, 2.24) is 0 Å². The van der Waals surface area contributed by atoms with E-state index in [4.69, 9.17) is 0 Å². The Bertz CT molecular complexity index is 933. The van der Waals surface area contributed by atoms with E-state index in [1.807, 2.05) is 24.3 Å². The zero-order valence-electron chi connectivity index (χ0n) is 19.4. The van der Waals surface area contributed by atoms with Gasteiger partial charge in [0.05, 0.1) is 24.3 Å². The number of quaternary nitrogens is 1. The van der Waals surface area contributed by atoms with Crippen LogP contribution in [0.4, 0.5) is 26.3 Å². The summed E-state index contributed by atoms with van der Waals surface area (Å²) in [5.74, 6) is 0. The van der Waals surface area contributed by atoms with Crippen molar-refractivity contribution < 1.29 is 52.9 Å². The predicted octanol–water partition coefficient (Wildman–Crippen LogP) is 3.70. The highest BCUT2D eigenvalue weighted by Crippen LogP contribution is 2.39. The molecule has 3 rings (SSSR count). The van der Waals surface area contributed by atoms with Crippen molar-refractivity contribution in [1.29, 1.82) is 0 Å². The molecule has 0 radical (unpaired) electrons. The Hall–Kier alpha value is -1.58. The summed E-state index contributed by atoms with van der Waals surface area (Å²) in [6, 6.07) is 9.45. The molecule has 1 aliphatic rings. The van der Waals surface area contributed by atoms with Crippen LogP contribution < -0.4 is 17.0 Å². The average molecular weight is 554 g/mol. The van der Waals surface area contributed by atoms with Crippen LogP contribution in [0.5, 0.6) is 0 Å². The fraction of sp³-hybridized carbons (Fsp3) is 0.520. The molecule has 1 aliphatic heterocycles. The second-order valence-corrected chi connectivity index (χ2v) is 10.1. The van der Waals surface area contributed by atoms with Crippen molar-refractivity contribution in [2.24, 2.45) is 0 Å². The quantitative estimate of drug-likeness (QED) is 0.442. The van der Waals surface area contributed by atoms with Gasteiger partial charge in [-0.1, -0.05) is 45.0 Å². The van der Waals surface area contributed by atoms with Gasteiger partial charge >= 0.3 is 12.4 Å². The topological polar surface area (TPSA) is 20.2 Å². The van der Waals surface area contributed by atoms with Gasteiger partial charge in [-0.15, -0.1) is 0 Å². The number of rotatable bonds is 5. The highest BCUT2D eigenvalue weighted by molar-refractivity contribution is 5.33. The van der Waals surface area contributed by atoms with Crippen LogP contribution >= 0.6 is 0 Å². The fourth-order valence-electron chi connectivity index (χ4n) is 4.78. The molecular formula is C25H30BrF6NO. The number of halogens is 7. The fourth-order valence-corrected chi connectivity index (χ4v) is 4.78. The van der Waals surface area contributed by atoms with E-state index in [2.05, 4.69) is 20.8 Å². The third-order valence-corrected chi connectivity index (χ3v) is 6.59. The van der Waals surface area contributed by atoms with E-state index < -0.39 is 23.5 Å². The first-order valence-electron chi connectivity index (χ1n) is 11.0. The van der Waals surface area contributed by atoms with E-state index in [0.717, 1.165) is 29.7 Å². The van der Waals surface area contributed by atoms with Crippen molar-refractivity contribution in [2.75, 3.05) is 13.2 Å². The number of likely N-dealkylation sites (tertiary alicyclic amines) is 1. The number of aliphatic hydroxyl groups is 1. The van der Waals surface area contributed by atoms with Gasteiger partial charge in [0, 0.05) is 24.0 Å². The van der Waals surface area contributed by atoms with Gasteiger partial charge in [-0.25, -0.2) is 0 Å². The molecule has 1 unspecified atom stereocenters. The molecule has 0 aromatic heterocycles. The number of hydrogen-bond acceptors (Lipinski definition) is 1. The lowest BCUT2D eigenvalue weighted by Crippen LogP contribution is -3.00. The van der Waals surface area contributed by atoms with Crippen LogP contribution in [0, 0.1) is 0 Å². The Balaban J connectivity index is 0.00000408. The van der Waals surface area contributed by atoms with Gasteiger partial charge in [0.1, 0.15) is 19.1 Å². The zero-order valence-corrected chi connectivity index (χ0v) is 21.0.